The van der Waals surface area contributed by atoms with E-state index >= 15 is 0 Å². The number of nitrogens with zero attached hydrogens (tertiary/aromatic N) is 3. The van der Waals surface area contributed by atoms with Crippen LogP contribution < -0.4 is 30.4 Å². The lowest BCUT2D eigenvalue weighted by molar-refractivity contribution is 0.590. The van der Waals surface area contributed by atoms with Crippen molar-refractivity contribution in [3.05, 3.63) is 228 Å². The van der Waals surface area contributed by atoms with Crippen LogP contribution in [-0.2, 0) is 21.7 Å². The molecule has 3 heterocycles. The highest BCUT2D eigenvalue weighted by molar-refractivity contribution is 7.33. The second-order valence-corrected chi connectivity index (χ2v) is 26.1. The fourth-order valence-corrected chi connectivity index (χ4v) is 13.9. The van der Waals surface area contributed by atoms with Crippen LogP contribution in [0.4, 0.5) is 51.2 Å². The Morgan fingerprint density at radius 2 is 0.961 bits per heavy atom. The lowest BCUT2D eigenvalue weighted by atomic mass is 9.36. The van der Waals surface area contributed by atoms with Crippen LogP contribution in [0.1, 0.15) is 104 Å². The van der Waals surface area contributed by atoms with Crippen molar-refractivity contribution in [3.63, 3.8) is 0 Å². The predicted octanol–water partition coefficient (Wildman–Crippen LogP) is 18.3. The van der Waals surface area contributed by atoms with Crippen molar-refractivity contribution in [2.45, 2.75) is 97.8 Å². The highest BCUT2D eigenvalue weighted by Gasteiger charge is 2.46. The number of thiophene rings is 1. The summed E-state index contributed by atoms with van der Waals surface area (Å²) in [6, 6.07) is 76.4. The smallest absolute Gasteiger partial charge is 0.264 e. The molecule has 3 nitrogen and oxygen atoms in total. The number of hydrogen-bond acceptors (Lipinski definition) is 4. The van der Waals surface area contributed by atoms with Crippen LogP contribution in [0, 0.1) is 0 Å². The van der Waals surface area contributed by atoms with Crippen LogP contribution >= 0.6 is 11.3 Å². The van der Waals surface area contributed by atoms with Crippen LogP contribution in [0.25, 0.3) is 32.3 Å². The lowest BCUT2D eigenvalue weighted by Crippen LogP contribution is -2.60. The Labute approximate surface area is 455 Å². The molecule has 0 spiro atoms. The van der Waals surface area contributed by atoms with Gasteiger partial charge in [0.05, 0.1) is 11.4 Å². The van der Waals surface area contributed by atoms with Crippen molar-refractivity contribution >= 4 is 95.0 Å². The van der Waals surface area contributed by atoms with E-state index in [0.717, 1.165) is 22.7 Å². The zero-order valence-electron chi connectivity index (χ0n) is 45.9. The quantitative estimate of drug-likeness (QED) is 0.154. The van der Waals surface area contributed by atoms with Gasteiger partial charge in [-0.2, -0.15) is 0 Å². The molecule has 0 amide bonds. The predicted molar refractivity (Wildman–Crippen MR) is 330 cm³/mol. The Morgan fingerprint density at radius 1 is 0.434 bits per heavy atom. The molecule has 0 bridgehead atoms. The first kappa shape index (κ1) is 48.1. The SMILES string of the molecule is CC(C)(C)c1ccc(N(c2ccc(C(C)(C)C)cc2)c2ccc3c(c2)N(c2ccccc2-c2ccccc2)c2cccc4c2B3c2sc3cc5c(cc3c2N4c2ccc(C(C)(C)C)cc2)-c2ccccc2C5(C)C)cc1. The zero-order valence-corrected chi connectivity index (χ0v) is 46.7. The van der Waals surface area contributed by atoms with Gasteiger partial charge in [-0.25, -0.2) is 0 Å². The minimum atomic E-state index is -0.115. The van der Waals surface area contributed by atoms with E-state index in [0.29, 0.717) is 0 Å². The van der Waals surface area contributed by atoms with Crippen molar-refractivity contribution < 1.29 is 0 Å². The number of anilines is 9. The molecule has 0 radical (unpaired) electrons. The van der Waals surface area contributed by atoms with Gasteiger partial charge in [-0.05, 0) is 151 Å². The summed E-state index contributed by atoms with van der Waals surface area (Å²) in [6.45, 7) is 25.4. The van der Waals surface area contributed by atoms with Gasteiger partial charge in [-0.15, -0.1) is 11.3 Å². The Kier molecular flexibility index (Phi) is 10.9. The van der Waals surface area contributed by atoms with Crippen LogP contribution in [0.3, 0.4) is 0 Å². The van der Waals surface area contributed by atoms with Gasteiger partial charge in [0.1, 0.15) is 0 Å². The fraction of sp³-hybridized carbons (Fsp3) is 0.211. The maximum atomic E-state index is 2.61. The van der Waals surface area contributed by atoms with E-state index in [4.69, 9.17) is 0 Å². The summed E-state index contributed by atoms with van der Waals surface area (Å²) < 4.78 is 2.70. The molecule has 5 heteroatoms. The van der Waals surface area contributed by atoms with E-state index in [2.05, 4.69) is 291 Å². The highest BCUT2D eigenvalue weighted by Crippen LogP contribution is 2.55. The van der Waals surface area contributed by atoms with E-state index in [1.54, 1.807) is 0 Å². The van der Waals surface area contributed by atoms with E-state index in [1.807, 2.05) is 11.3 Å². The zero-order chi connectivity index (χ0) is 52.6. The summed E-state index contributed by atoms with van der Waals surface area (Å²) in [5.41, 5.74) is 25.0. The molecule has 76 heavy (non-hydrogen) atoms. The average molecular weight is 1000 g/mol. The van der Waals surface area contributed by atoms with E-state index in [9.17, 15) is 0 Å². The van der Waals surface area contributed by atoms with Crippen molar-refractivity contribution in [1.29, 1.82) is 0 Å². The summed E-state index contributed by atoms with van der Waals surface area (Å²) in [6.07, 6.45) is 0. The van der Waals surface area contributed by atoms with Gasteiger partial charge in [0, 0.05) is 65.7 Å². The van der Waals surface area contributed by atoms with Crippen molar-refractivity contribution in [3.8, 4) is 22.3 Å². The summed E-state index contributed by atoms with van der Waals surface area (Å²) in [5, 5.41) is 1.31. The van der Waals surface area contributed by atoms with E-state index < -0.39 is 0 Å². The second-order valence-electron chi connectivity index (χ2n) is 25.0. The van der Waals surface area contributed by atoms with Gasteiger partial charge >= 0.3 is 0 Å². The first-order chi connectivity index (χ1) is 36.4. The van der Waals surface area contributed by atoms with Gasteiger partial charge in [-0.1, -0.05) is 197 Å². The van der Waals surface area contributed by atoms with Gasteiger partial charge in [0.25, 0.3) is 6.71 Å². The number of hydrogen-bond donors (Lipinski definition) is 0. The molecule has 13 rings (SSSR count). The highest BCUT2D eigenvalue weighted by atomic mass is 32.1. The molecular formula is C71H66BN3S. The maximum Gasteiger partial charge on any atom is 0.264 e. The van der Waals surface area contributed by atoms with Crippen molar-refractivity contribution in [1.82, 2.24) is 0 Å². The van der Waals surface area contributed by atoms with Crippen molar-refractivity contribution in [2.75, 3.05) is 14.7 Å². The van der Waals surface area contributed by atoms with Crippen LogP contribution in [0.15, 0.2) is 200 Å². The molecule has 10 aromatic rings. The second kappa shape index (κ2) is 17.2. The summed E-state index contributed by atoms with van der Waals surface area (Å²) in [5.74, 6) is 0. The number of fused-ring (bicyclic) bond motifs is 9. The third kappa shape index (κ3) is 7.59. The first-order valence-corrected chi connectivity index (χ1v) is 28.0. The fourth-order valence-electron chi connectivity index (χ4n) is 12.6. The Bertz CT molecular complexity index is 3840. The molecule has 374 valence electrons. The van der Waals surface area contributed by atoms with Gasteiger partial charge in [-0.3, -0.25) is 0 Å². The monoisotopic (exact) mass is 1000 g/mol. The molecule has 1 aromatic heterocycles. The Balaban J connectivity index is 1.10. The van der Waals surface area contributed by atoms with E-state index in [-0.39, 0.29) is 28.4 Å². The Morgan fingerprint density at radius 3 is 1.58 bits per heavy atom. The maximum absolute atomic E-state index is 2.61. The lowest BCUT2D eigenvalue weighted by Gasteiger charge is -2.44. The largest absolute Gasteiger partial charge is 0.311 e. The third-order valence-corrected chi connectivity index (χ3v) is 17.9. The molecule has 0 fully saturated rings. The van der Waals surface area contributed by atoms with Gasteiger partial charge < -0.3 is 14.7 Å². The molecule has 0 N–H and O–H groups in total. The summed E-state index contributed by atoms with van der Waals surface area (Å²) in [4.78, 5) is 7.66. The first-order valence-electron chi connectivity index (χ1n) is 27.2. The van der Waals surface area contributed by atoms with Crippen LogP contribution in [0.2, 0.25) is 0 Å². The van der Waals surface area contributed by atoms with E-state index in [1.165, 1.54) is 104 Å². The molecule has 3 aliphatic rings. The molecule has 0 saturated carbocycles. The summed E-state index contributed by atoms with van der Waals surface area (Å²) >= 11 is 1.99. The summed E-state index contributed by atoms with van der Waals surface area (Å²) in [7, 11) is 0. The average Bonchev–Trinajstić information content (AvgIpc) is 4.09. The van der Waals surface area contributed by atoms with Crippen molar-refractivity contribution in [2.24, 2.45) is 0 Å². The number of benzene rings is 9. The normalized spacial score (nSPS) is 14.3. The topological polar surface area (TPSA) is 9.72 Å². The minimum Gasteiger partial charge on any atom is -0.311 e. The molecule has 2 aliphatic heterocycles. The molecule has 9 aromatic carbocycles. The number of para-hydroxylation sites is 1. The minimum absolute atomic E-state index is 0.0228. The third-order valence-electron chi connectivity index (χ3n) is 16.7. The molecule has 0 unspecified atom stereocenters. The number of rotatable bonds is 6. The van der Waals surface area contributed by atoms with Crippen LogP contribution in [-0.4, -0.2) is 6.71 Å². The Hall–Kier alpha value is -7.60. The standard InChI is InChI=1S/C71H66BN3S/c1-68(2,3)46-28-34-49(35-29-46)73(50-36-30-47(31-37-50)69(4,5)6)52-40-41-59-63(42-52)75(60-25-18-16-22-53(60)45-20-13-12-14-21-45)62-27-19-26-61-65(62)72(59)67-66(74(61)51-38-32-48(33-39-51)70(7,8)9)56-43-55-54-23-15-17-24-57(54)71(10,11)58(55)44-64(56)76-67/h12-44H,1-11H3. The molecule has 0 saturated heterocycles. The molecular weight excluding hydrogens is 938 g/mol. The molecule has 0 atom stereocenters. The van der Waals surface area contributed by atoms with Gasteiger partial charge in [0.2, 0.25) is 0 Å². The molecule has 1 aliphatic carbocycles. The van der Waals surface area contributed by atoms with Gasteiger partial charge in [0.15, 0.2) is 0 Å². The van der Waals surface area contributed by atoms with Crippen LogP contribution in [0.5, 0.6) is 0 Å².